The minimum atomic E-state index is -4.43. The van der Waals surface area contributed by atoms with E-state index in [0.29, 0.717) is 39.8 Å². The lowest BCUT2D eigenvalue weighted by molar-refractivity contribution is -0.162. The number of carbonyl (C=O) groups excluding carboxylic acids is 1. The molecule has 0 radical (unpaired) electrons. The summed E-state index contributed by atoms with van der Waals surface area (Å²) in [5.74, 6) is -2.57. The Morgan fingerprint density at radius 3 is 2.55 bits per heavy atom. The van der Waals surface area contributed by atoms with Crippen molar-refractivity contribution >= 4 is 38.4 Å². The molecule has 1 fully saturated rings. The molecule has 8 rings (SSSR count). The first-order valence-electron chi connectivity index (χ1n) is 16.7. The number of hydrogen-bond acceptors (Lipinski definition) is 7. The lowest BCUT2D eigenvalue weighted by Crippen LogP contribution is -2.56. The fourth-order valence-electron chi connectivity index (χ4n) is 7.17. The average Bonchev–Trinajstić information content (AvgIpc) is 3.76. The van der Waals surface area contributed by atoms with Crippen LogP contribution in [-0.4, -0.2) is 78.0 Å². The third-order valence-corrected chi connectivity index (χ3v) is 10.8. The number of pyridine rings is 1. The van der Waals surface area contributed by atoms with Gasteiger partial charge in [0, 0.05) is 60.2 Å². The zero-order valence-corrected chi connectivity index (χ0v) is 29.5. The van der Waals surface area contributed by atoms with Crippen molar-refractivity contribution in [1.29, 1.82) is 0 Å². The van der Waals surface area contributed by atoms with Crippen LogP contribution in [0.4, 0.5) is 26.3 Å². The van der Waals surface area contributed by atoms with Crippen molar-refractivity contribution in [2.24, 2.45) is 7.05 Å². The average molecular weight is 752 g/mol. The quantitative estimate of drug-likeness (QED) is 0.123. The number of hydrogen-bond donors (Lipinski definition) is 0. The second-order valence-electron chi connectivity index (χ2n) is 13.4. The van der Waals surface area contributed by atoms with E-state index in [1.165, 1.54) is 11.5 Å². The summed E-state index contributed by atoms with van der Waals surface area (Å²) >= 11 is 1.05. The first-order valence-corrected chi connectivity index (χ1v) is 17.6. The molecule has 53 heavy (non-hydrogen) atoms. The molecule has 2 aliphatic heterocycles. The maximum atomic E-state index is 16.3. The van der Waals surface area contributed by atoms with Crippen molar-refractivity contribution in [3.05, 3.63) is 83.4 Å². The van der Waals surface area contributed by atoms with Crippen molar-refractivity contribution in [3.63, 3.8) is 0 Å². The standard InChI is InChI=1S/C37H31F6N7O2S/c1-5-30(51)49-13-22-11-27(46-50(22)12-18(49)2)35-33(31-24(39)9-21(38)10-29(31)52-23-14-48(15-23)17-37(41,42)43)32-25(40)16-53-36(32)34(45-35)20-6-7-28-26(8-20)44-19(3)47(28)4/h5-11,16,18,23H,1,12-15,17H2,2-4H3/t18-/m0/s1. The Labute approximate surface area is 302 Å². The van der Waals surface area contributed by atoms with E-state index in [1.54, 1.807) is 15.6 Å². The molecule has 2 aromatic carbocycles. The van der Waals surface area contributed by atoms with Gasteiger partial charge in [0.25, 0.3) is 0 Å². The maximum Gasteiger partial charge on any atom is 0.401 e. The molecule has 6 aromatic rings. The first kappa shape index (κ1) is 34.8. The van der Waals surface area contributed by atoms with Crippen LogP contribution in [0.15, 0.2) is 54.4 Å². The zero-order chi connectivity index (χ0) is 37.5. The Bertz CT molecular complexity index is 2460. The normalized spacial score (nSPS) is 16.7. The summed E-state index contributed by atoms with van der Waals surface area (Å²) in [5.41, 5.74) is 3.07. The van der Waals surface area contributed by atoms with Crippen molar-refractivity contribution in [3.8, 4) is 39.5 Å². The molecule has 0 N–H and O–H groups in total. The molecule has 6 heterocycles. The van der Waals surface area contributed by atoms with Gasteiger partial charge >= 0.3 is 6.18 Å². The fourth-order valence-corrected chi connectivity index (χ4v) is 8.10. The highest BCUT2D eigenvalue weighted by Crippen LogP contribution is 2.48. The number of rotatable bonds is 7. The van der Waals surface area contributed by atoms with Gasteiger partial charge in [0.15, 0.2) is 0 Å². The maximum absolute atomic E-state index is 16.3. The summed E-state index contributed by atoms with van der Waals surface area (Å²) in [6.45, 7) is 6.41. The topological polar surface area (TPSA) is 81.3 Å². The number of alkyl halides is 3. The Morgan fingerprint density at radius 1 is 1.04 bits per heavy atom. The van der Waals surface area contributed by atoms with Gasteiger partial charge in [0.2, 0.25) is 5.91 Å². The number of nitrogens with zero attached hydrogens (tertiary/aromatic N) is 7. The van der Waals surface area contributed by atoms with E-state index >= 15 is 8.78 Å². The molecule has 0 aliphatic carbocycles. The minimum absolute atomic E-state index is 0.0160. The first-order chi connectivity index (χ1) is 25.2. The molecule has 1 amide bonds. The number of imidazole rings is 1. The molecule has 274 valence electrons. The molecular formula is C37H31F6N7O2S. The second kappa shape index (κ2) is 12.7. The molecule has 0 saturated carbocycles. The van der Waals surface area contributed by atoms with Crippen molar-refractivity contribution < 1.29 is 35.9 Å². The number of halogens is 6. The molecule has 2 aliphatic rings. The number of aryl methyl sites for hydroxylation is 2. The summed E-state index contributed by atoms with van der Waals surface area (Å²) in [7, 11) is 1.89. The van der Waals surface area contributed by atoms with Crippen LogP contribution in [0, 0.1) is 24.4 Å². The Hall–Kier alpha value is -5.22. The summed E-state index contributed by atoms with van der Waals surface area (Å²) < 4.78 is 96.5. The number of likely N-dealkylation sites (tertiary alicyclic amines) is 1. The number of aromatic nitrogens is 5. The van der Waals surface area contributed by atoms with E-state index in [2.05, 4.69) is 11.6 Å². The SMILES string of the molecule is C=CC(=O)N1Cc2cc(-c3nc(-c4ccc5c(c4)nc(C)n5C)c4scc(F)c4c3-c3c(F)cc(F)cc3OC3CN(CC(F)(F)F)C3)nn2C[C@@H]1C. The number of fused-ring (bicyclic) bond motifs is 3. The van der Waals surface area contributed by atoms with Crippen LogP contribution in [0.5, 0.6) is 5.75 Å². The van der Waals surface area contributed by atoms with E-state index in [-0.39, 0.29) is 65.2 Å². The largest absolute Gasteiger partial charge is 0.487 e. The number of benzene rings is 2. The molecule has 1 atom stereocenters. The number of carbonyl (C=O) groups is 1. The molecule has 0 unspecified atom stereocenters. The van der Waals surface area contributed by atoms with Gasteiger partial charge in [-0.1, -0.05) is 12.6 Å². The Balaban J connectivity index is 1.34. The fraction of sp³-hybridized carbons (Fsp3) is 0.297. The highest BCUT2D eigenvalue weighted by Gasteiger charge is 2.39. The van der Waals surface area contributed by atoms with Crippen LogP contribution in [-0.2, 0) is 24.9 Å². The third-order valence-electron chi connectivity index (χ3n) is 9.80. The molecular weight excluding hydrogens is 721 g/mol. The third kappa shape index (κ3) is 6.12. The van der Waals surface area contributed by atoms with Crippen LogP contribution >= 0.6 is 11.3 Å². The van der Waals surface area contributed by atoms with E-state index in [9.17, 15) is 22.4 Å². The summed E-state index contributed by atoms with van der Waals surface area (Å²) in [6.07, 6.45) is -4.02. The predicted octanol–water partition coefficient (Wildman–Crippen LogP) is 7.65. The van der Waals surface area contributed by atoms with Gasteiger partial charge in [-0.2, -0.15) is 18.3 Å². The van der Waals surface area contributed by atoms with E-state index in [1.807, 2.05) is 43.7 Å². The molecule has 9 nitrogen and oxygen atoms in total. The second-order valence-corrected chi connectivity index (χ2v) is 14.3. The van der Waals surface area contributed by atoms with Gasteiger partial charge in [0.05, 0.1) is 52.3 Å². The molecule has 1 saturated heterocycles. The summed E-state index contributed by atoms with van der Waals surface area (Å²) in [5, 5.41) is 6.07. The molecule has 0 spiro atoms. The lowest BCUT2D eigenvalue weighted by Gasteiger charge is -2.39. The van der Waals surface area contributed by atoms with Gasteiger partial charge in [0.1, 0.15) is 46.5 Å². The van der Waals surface area contributed by atoms with Gasteiger partial charge in [-0.3, -0.25) is 14.4 Å². The molecule has 0 bridgehead atoms. The van der Waals surface area contributed by atoms with E-state index in [4.69, 9.17) is 14.8 Å². The van der Waals surface area contributed by atoms with Crippen LogP contribution in [0.25, 0.3) is 54.9 Å². The predicted molar refractivity (Wildman–Crippen MR) is 188 cm³/mol. The molecule has 16 heteroatoms. The summed E-state index contributed by atoms with van der Waals surface area (Å²) in [4.78, 5) is 25.1. The van der Waals surface area contributed by atoms with E-state index in [0.717, 1.165) is 33.6 Å². The Morgan fingerprint density at radius 2 is 1.81 bits per heavy atom. The monoisotopic (exact) mass is 751 g/mol. The zero-order valence-electron chi connectivity index (χ0n) is 28.6. The van der Waals surface area contributed by atoms with Gasteiger partial charge in [-0.25, -0.2) is 23.1 Å². The van der Waals surface area contributed by atoms with Gasteiger partial charge in [-0.15, -0.1) is 11.3 Å². The summed E-state index contributed by atoms with van der Waals surface area (Å²) in [6, 6.07) is 8.57. The highest BCUT2D eigenvalue weighted by atomic mass is 32.1. The molecule has 4 aromatic heterocycles. The van der Waals surface area contributed by atoms with Crippen LogP contribution < -0.4 is 4.74 Å². The number of thiophene rings is 1. The van der Waals surface area contributed by atoms with Crippen LogP contribution in [0.3, 0.4) is 0 Å². The number of amides is 1. The van der Waals surface area contributed by atoms with Crippen LogP contribution in [0.2, 0.25) is 0 Å². The van der Waals surface area contributed by atoms with Crippen molar-refractivity contribution in [2.75, 3.05) is 19.6 Å². The smallest absolute Gasteiger partial charge is 0.401 e. The lowest BCUT2D eigenvalue weighted by atomic mass is 9.94. The van der Waals surface area contributed by atoms with Crippen LogP contribution in [0.1, 0.15) is 18.4 Å². The van der Waals surface area contributed by atoms with E-state index < -0.39 is 36.3 Å². The number of ether oxygens (including phenoxy) is 1. The van der Waals surface area contributed by atoms with Crippen molar-refractivity contribution in [2.45, 2.75) is 45.3 Å². The van der Waals surface area contributed by atoms with Gasteiger partial charge in [-0.05, 0) is 38.1 Å². The Kier molecular flexibility index (Phi) is 8.37. The van der Waals surface area contributed by atoms with Gasteiger partial charge < -0.3 is 14.2 Å². The minimum Gasteiger partial charge on any atom is -0.487 e. The highest BCUT2D eigenvalue weighted by molar-refractivity contribution is 7.17. The van der Waals surface area contributed by atoms with Crippen molar-refractivity contribution in [1.82, 2.24) is 34.1 Å².